The van der Waals surface area contributed by atoms with Gasteiger partial charge in [-0.05, 0) is 43.9 Å². The maximum Gasteiger partial charge on any atom is 0.219 e. The van der Waals surface area contributed by atoms with E-state index in [4.69, 9.17) is 10.2 Å². The van der Waals surface area contributed by atoms with E-state index >= 15 is 0 Å². The van der Waals surface area contributed by atoms with Crippen molar-refractivity contribution in [2.75, 3.05) is 14.1 Å². The standard InChI is InChI=1S/C20H20N4O2/c1-24(2)16(11-19(21)25)12-7-8-15-14(9-12)20(23-22-15)18-10-13-5-3-4-6-17(13)26-18/h3-10,16H,11H2,1-2H3,(H2,21,25)(H,22,23). The van der Waals surface area contributed by atoms with Gasteiger partial charge in [-0.3, -0.25) is 9.89 Å². The van der Waals surface area contributed by atoms with Crippen LogP contribution in [0.3, 0.4) is 0 Å². The molecule has 0 radical (unpaired) electrons. The summed E-state index contributed by atoms with van der Waals surface area (Å²) in [7, 11) is 3.88. The molecule has 0 saturated carbocycles. The third kappa shape index (κ3) is 2.84. The Hall–Kier alpha value is -3.12. The fourth-order valence-corrected chi connectivity index (χ4v) is 3.31. The highest BCUT2D eigenvalue weighted by molar-refractivity contribution is 5.94. The lowest BCUT2D eigenvalue weighted by Crippen LogP contribution is -2.25. The summed E-state index contributed by atoms with van der Waals surface area (Å²) in [5, 5.41) is 9.49. The van der Waals surface area contributed by atoms with Crippen molar-refractivity contribution in [3.63, 3.8) is 0 Å². The lowest BCUT2D eigenvalue weighted by Gasteiger charge is -2.23. The Morgan fingerprint density at radius 1 is 1.23 bits per heavy atom. The molecule has 132 valence electrons. The van der Waals surface area contributed by atoms with Crippen molar-refractivity contribution in [3.8, 4) is 11.5 Å². The second-order valence-corrected chi connectivity index (χ2v) is 6.68. The maximum absolute atomic E-state index is 11.5. The Morgan fingerprint density at radius 3 is 2.77 bits per heavy atom. The number of amides is 1. The molecule has 26 heavy (non-hydrogen) atoms. The summed E-state index contributed by atoms with van der Waals surface area (Å²) in [5.74, 6) is 0.388. The van der Waals surface area contributed by atoms with Crippen LogP contribution in [0, 0.1) is 0 Å². The molecule has 2 aromatic heterocycles. The van der Waals surface area contributed by atoms with E-state index in [1.54, 1.807) is 0 Å². The number of benzene rings is 2. The quantitative estimate of drug-likeness (QED) is 0.578. The fraction of sp³-hybridized carbons (Fsp3) is 0.200. The molecule has 0 aliphatic carbocycles. The lowest BCUT2D eigenvalue weighted by molar-refractivity contribution is -0.119. The molecular formula is C20H20N4O2. The molecule has 3 N–H and O–H groups in total. The summed E-state index contributed by atoms with van der Waals surface area (Å²) in [5.41, 5.74) is 8.94. The number of hydrogen-bond acceptors (Lipinski definition) is 4. The number of aromatic amines is 1. The van der Waals surface area contributed by atoms with Gasteiger partial charge in [-0.1, -0.05) is 24.3 Å². The Kier molecular flexibility index (Phi) is 3.97. The number of para-hydroxylation sites is 1. The summed E-state index contributed by atoms with van der Waals surface area (Å²) in [6.07, 6.45) is 0.260. The number of nitrogens with zero attached hydrogens (tertiary/aromatic N) is 2. The van der Waals surface area contributed by atoms with E-state index in [0.717, 1.165) is 33.1 Å². The fourth-order valence-electron chi connectivity index (χ4n) is 3.31. The average Bonchev–Trinajstić information content (AvgIpc) is 3.22. The first-order valence-electron chi connectivity index (χ1n) is 8.44. The molecule has 0 aliphatic rings. The highest BCUT2D eigenvalue weighted by Gasteiger charge is 2.19. The molecule has 0 aliphatic heterocycles. The van der Waals surface area contributed by atoms with Crippen LogP contribution in [0.1, 0.15) is 18.0 Å². The van der Waals surface area contributed by atoms with Crippen LogP contribution >= 0.6 is 0 Å². The van der Waals surface area contributed by atoms with Gasteiger partial charge in [0.25, 0.3) is 0 Å². The molecule has 0 fully saturated rings. The summed E-state index contributed by atoms with van der Waals surface area (Å²) >= 11 is 0. The minimum atomic E-state index is -0.325. The number of nitrogens with two attached hydrogens (primary N) is 1. The Morgan fingerprint density at radius 2 is 2.04 bits per heavy atom. The first kappa shape index (κ1) is 16.4. The molecule has 4 rings (SSSR count). The first-order valence-corrected chi connectivity index (χ1v) is 8.44. The number of furan rings is 1. The smallest absolute Gasteiger partial charge is 0.219 e. The zero-order valence-electron chi connectivity index (χ0n) is 14.7. The molecule has 0 saturated heterocycles. The van der Waals surface area contributed by atoms with E-state index in [1.165, 1.54) is 0 Å². The van der Waals surface area contributed by atoms with Crippen LogP contribution in [0.25, 0.3) is 33.3 Å². The SMILES string of the molecule is CN(C)C(CC(N)=O)c1ccc2[nH]nc(-c3cc4ccccc4o3)c2c1. The molecule has 6 heteroatoms. The minimum Gasteiger partial charge on any atom is -0.454 e. The maximum atomic E-state index is 11.5. The highest BCUT2D eigenvalue weighted by Crippen LogP contribution is 2.33. The molecule has 0 bridgehead atoms. The number of hydrogen-bond donors (Lipinski definition) is 2. The average molecular weight is 348 g/mol. The third-order valence-electron chi connectivity index (χ3n) is 4.65. The predicted molar refractivity (Wildman–Crippen MR) is 102 cm³/mol. The number of fused-ring (bicyclic) bond motifs is 2. The summed E-state index contributed by atoms with van der Waals surface area (Å²) in [6.45, 7) is 0. The largest absolute Gasteiger partial charge is 0.454 e. The van der Waals surface area contributed by atoms with Gasteiger partial charge in [0.2, 0.25) is 5.91 Å². The monoisotopic (exact) mass is 348 g/mol. The van der Waals surface area contributed by atoms with Gasteiger partial charge in [-0.2, -0.15) is 5.10 Å². The van der Waals surface area contributed by atoms with Gasteiger partial charge in [0.1, 0.15) is 11.3 Å². The third-order valence-corrected chi connectivity index (χ3v) is 4.65. The molecule has 2 heterocycles. The zero-order chi connectivity index (χ0) is 18.3. The number of rotatable bonds is 5. The Balaban J connectivity index is 1.82. The Bertz CT molecular complexity index is 1060. The number of nitrogens with one attached hydrogen (secondary N) is 1. The molecule has 1 atom stereocenters. The second-order valence-electron chi connectivity index (χ2n) is 6.68. The van der Waals surface area contributed by atoms with Gasteiger partial charge in [0.15, 0.2) is 5.76 Å². The van der Waals surface area contributed by atoms with Crippen molar-refractivity contribution in [3.05, 3.63) is 54.1 Å². The van der Waals surface area contributed by atoms with Gasteiger partial charge < -0.3 is 15.1 Å². The van der Waals surface area contributed by atoms with Crippen molar-refractivity contribution in [1.82, 2.24) is 15.1 Å². The van der Waals surface area contributed by atoms with E-state index in [-0.39, 0.29) is 18.4 Å². The van der Waals surface area contributed by atoms with Gasteiger partial charge in [0, 0.05) is 23.2 Å². The molecule has 4 aromatic rings. The van der Waals surface area contributed by atoms with Crippen molar-refractivity contribution < 1.29 is 9.21 Å². The van der Waals surface area contributed by atoms with Crippen LogP contribution in [0.15, 0.2) is 52.9 Å². The first-order chi connectivity index (χ1) is 12.5. The van der Waals surface area contributed by atoms with Gasteiger partial charge in [0.05, 0.1) is 5.52 Å². The molecule has 0 spiro atoms. The van der Waals surface area contributed by atoms with Crippen LogP contribution < -0.4 is 5.73 Å². The summed E-state index contributed by atoms with van der Waals surface area (Å²) < 4.78 is 5.97. The van der Waals surface area contributed by atoms with Crippen molar-refractivity contribution in [2.24, 2.45) is 5.73 Å². The summed E-state index contributed by atoms with van der Waals surface area (Å²) in [4.78, 5) is 13.4. The van der Waals surface area contributed by atoms with Crippen LogP contribution in [-0.4, -0.2) is 35.1 Å². The van der Waals surface area contributed by atoms with Crippen molar-refractivity contribution in [1.29, 1.82) is 0 Å². The van der Waals surface area contributed by atoms with E-state index < -0.39 is 0 Å². The number of primary amides is 1. The molecule has 1 amide bonds. The molecule has 1 unspecified atom stereocenters. The number of H-pyrrole nitrogens is 1. The van der Waals surface area contributed by atoms with Crippen molar-refractivity contribution >= 4 is 27.8 Å². The minimum absolute atomic E-state index is 0.0877. The Labute approximate surface area is 150 Å². The van der Waals surface area contributed by atoms with E-state index in [9.17, 15) is 4.79 Å². The topological polar surface area (TPSA) is 88.1 Å². The normalized spacial score (nSPS) is 12.9. The van der Waals surface area contributed by atoms with E-state index in [1.807, 2.05) is 61.5 Å². The van der Waals surface area contributed by atoms with Gasteiger partial charge in [-0.15, -0.1) is 0 Å². The second kappa shape index (κ2) is 6.31. The number of carbonyl (C=O) groups excluding carboxylic acids is 1. The van der Waals surface area contributed by atoms with E-state index in [2.05, 4.69) is 16.3 Å². The molecular weight excluding hydrogens is 328 g/mol. The van der Waals surface area contributed by atoms with Crippen LogP contribution in [0.2, 0.25) is 0 Å². The molecule has 2 aromatic carbocycles. The van der Waals surface area contributed by atoms with Crippen LogP contribution in [-0.2, 0) is 4.79 Å². The number of aromatic nitrogens is 2. The molecule has 6 nitrogen and oxygen atoms in total. The van der Waals surface area contributed by atoms with Gasteiger partial charge >= 0.3 is 0 Å². The summed E-state index contributed by atoms with van der Waals surface area (Å²) in [6, 6.07) is 15.8. The predicted octanol–water partition coefficient (Wildman–Crippen LogP) is 3.45. The lowest BCUT2D eigenvalue weighted by atomic mass is 10.00. The highest BCUT2D eigenvalue weighted by atomic mass is 16.3. The van der Waals surface area contributed by atoms with Crippen LogP contribution in [0.4, 0.5) is 0 Å². The zero-order valence-corrected chi connectivity index (χ0v) is 14.7. The van der Waals surface area contributed by atoms with E-state index in [0.29, 0.717) is 5.76 Å². The van der Waals surface area contributed by atoms with Gasteiger partial charge in [-0.25, -0.2) is 0 Å². The number of carbonyl (C=O) groups is 1. The van der Waals surface area contributed by atoms with Crippen LogP contribution in [0.5, 0.6) is 0 Å². The van der Waals surface area contributed by atoms with Crippen molar-refractivity contribution in [2.45, 2.75) is 12.5 Å².